The van der Waals surface area contributed by atoms with Gasteiger partial charge in [0.15, 0.2) is 6.04 Å². The first-order valence-electron chi connectivity index (χ1n) is 18.0. The molecule has 16 N–H and O–H groups in total. The number of hydrogen-bond donors (Lipinski definition) is 14. The quantitative estimate of drug-likeness (QED) is 0.0438. The first-order chi connectivity index (χ1) is 27.0. The number of primary amides is 1. The van der Waals surface area contributed by atoms with Crippen LogP contribution >= 0.6 is 0 Å². The molecule has 1 aromatic carbocycles. The fourth-order valence-corrected chi connectivity index (χ4v) is 5.13. The molecule has 324 valence electrons. The number of nitrogens with one attached hydrogen (secondary N) is 6. The van der Waals surface area contributed by atoms with Crippen LogP contribution in [0.15, 0.2) is 24.3 Å². The summed E-state index contributed by atoms with van der Waals surface area (Å²) < 4.78 is 0. The van der Waals surface area contributed by atoms with Crippen molar-refractivity contribution in [3.05, 3.63) is 29.8 Å². The molecule has 0 saturated heterocycles. The Morgan fingerprint density at radius 3 is 1.59 bits per heavy atom. The highest BCUT2D eigenvalue weighted by atomic mass is 16.4. The molecule has 0 saturated carbocycles. The van der Waals surface area contributed by atoms with Gasteiger partial charge in [0.2, 0.25) is 41.4 Å². The van der Waals surface area contributed by atoms with Crippen molar-refractivity contribution in [2.24, 2.45) is 17.4 Å². The summed E-state index contributed by atoms with van der Waals surface area (Å²) in [5.74, 6) is -11.2. The molecule has 7 amide bonds. The fourth-order valence-electron chi connectivity index (χ4n) is 5.13. The molecule has 23 nitrogen and oxygen atoms in total. The summed E-state index contributed by atoms with van der Waals surface area (Å²) in [4.78, 5) is 114. The molecule has 0 bridgehead atoms. The average Bonchev–Trinajstić information content (AvgIpc) is 3.12. The standard InChI is InChI=1S/C35H54N8O15/c1-15(2)11-21(39-29(51)20(9-10-25(36)48)38-34(56)27(37)16(3)45)30(52)41-23(13-26(49)50)31(53)42-24(14-44)33(55)40-22(12-18-5-7-19(47)8-6-18)32(54)43-28(17(4)46)35(57)58/h5-8,15-17,20-24,27-28,44-47H,9-14,37H2,1-4H3,(H2,36,48)(H,38,56)(H,39,51)(H,40,55)(H,41,52)(H,42,53)(H,43,54)(H,49,50)(H,57,58)/t16-,17-,20+,21+,22+,23+,24+,27+,28+/m1/s1. The van der Waals surface area contributed by atoms with E-state index in [9.17, 15) is 73.8 Å². The van der Waals surface area contributed by atoms with Crippen LogP contribution < -0.4 is 43.4 Å². The van der Waals surface area contributed by atoms with Crippen molar-refractivity contribution in [2.75, 3.05) is 6.61 Å². The SMILES string of the molecule is CC(C)C[C@H](NC(=O)[C@H](CCC(N)=O)NC(=O)[C@@H](N)[C@@H](C)O)C(=O)N[C@@H](CC(=O)O)C(=O)N[C@@H](CO)C(=O)N[C@@H](Cc1ccc(O)cc1)C(=O)N[C@H](C(=O)O)[C@@H](C)O. The number of carbonyl (C=O) groups excluding carboxylic acids is 7. The van der Waals surface area contributed by atoms with E-state index in [1.807, 2.05) is 0 Å². The molecule has 0 aliphatic heterocycles. The Labute approximate surface area is 332 Å². The van der Waals surface area contributed by atoms with Gasteiger partial charge in [-0.25, -0.2) is 4.79 Å². The number of rotatable bonds is 25. The van der Waals surface area contributed by atoms with Crippen molar-refractivity contribution < 1.29 is 73.8 Å². The molecule has 1 aromatic rings. The molecule has 0 radical (unpaired) electrons. The minimum atomic E-state index is -1.94. The maximum Gasteiger partial charge on any atom is 0.328 e. The lowest BCUT2D eigenvalue weighted by Gasteiger charge is -2.27. The number of aromatic hydroxyl groups is 1. The Morgan fingerprint density at radius 1 is 0.638 bits per heavy atom. The second-order valence-electron chi connectivity index (χ2n) is 13.9. The van der Waals surface area contributed by atoms with E-state index in [0.29, 0.717) is 5.56 Å². The fraction of sp³-hybridized carbons (Fsp3) is 0.571. The molecule has 0 aliphatic carbocycles. The smallest absolute Gasteiger partial charge is 0.328 e. The molecule has 0 spiro atoms. The number of amides is 7. The van der Waals surface area contributed by atoms with Gasteiger partial charge in [0, 0.05) is 12.8 Å². The summed E-state index contributed by atoms with van der Waals surface area (Å²) >= 11 is 0. The zero-order chi connectivity index (χ0) is 44.4. The van der Waals surface area contributed by atoms with Crippen molar-refractivity contribution >= 4 is 53.3 Å². The average molecular weight is 827 g/mol. The Bertz CT molecular complexity index is 1620. The predicted molar refractivity (Wildman–Crippen MR) is 200 cm³/mol. The van der Waals surface area contributed by atoms with E-state index in [4.69, 9.17) is 11.5 Å². The highest BCUT2D eigenvalue weighted by molar-refractivity contribution is 5.98. The van der Waals surface area contributed by atoms with Crippen LogP contribution in [0, 0.1) is 5.92 Å². The largest absolute Gasteiger partial charge is 0.508 e. The van der Waals surface area contributed by atoms with E-state index < -0.39 is 127 Å². The van der Waals surface area contributed by atoms with E-state index in [-0.39, 0.29) is 30.9 Å². The number of nitrogens with two attached hydrogens (primary N) is 2. The van der Waals surface area contributed by atoms with Crippen LogP contribution in [0.25, 0.3) is 0 Å². The highest BCUT2D eigenvalue weighted by Gasteiger charge is 2.35. The maximum atomic E-state index is 13.5. The van der Waals surface area contributed by atoms with E-state index in [1.165, 1.54) is 31.2 Å². The lowest BCUT2D eigenvalue weighted by Crippen LogP contribution is -2.61. The number of phenols is 1. The first-order valence-corrected chi connectivity index (χ1v) is 18.0. The third-order valence-corrected chi connectivity index (χ3v) is 8.36. The van der Waals surface area contributed by atoms with Gasteiger partial charge in [0.25, 0.3) is 0 Å². The summed E-state index contributed by atoms with van der Waals surface area (Å²) in [6, 6.07) is -6.38. The second kappa shape index (κ2) is 24.0. The number of aliphatic carboxylic acids is 2. The monoisotopic (exact) mass is 826 g/mol. The number of phenolic OH excluding ortho intramolecular Hbond substituents is 1. The van der Waals surface area contributed by atoms with E-state index in [1.54, 1.807) is 13.8 Å². The van der Waals surface area contributed by atoms with Gasteiger partial charge in [-0.15, -0.1) is 0 Å². The van der Waals surface area contributed by atoms with Crippen molar-refractivity contribution in [2.45, 2.75) is 114 Å². The van der Waals surface area contributed by atoms with Crippen molar-refractivity contribution in [1.29, 1.82) is 0 Å². The van der Waals surface area contributed by atoms with Gasteiger partial charge in [0.05, 0.1) is 25.2 Å². The number of benzene rings is 1. The molecule has 0 unspecified atom stereocenters. The minimum absolute atomic E-state index is 0.105. The summed E-state index contributed by atoms with van der Waals surface area (Å²) in [5, 5.41) is 71.5. The van der Waals surface area contributed by atoms with Gasteiger partial charge in [0.1, 0.15) is 42.0 Å². The summed E-state index contributed by atoms with van der Waals surface area (Å²) in [6.07, 6.45) is -5.14. The second-order valence-corrected chi connectivity index (χ2v) is 13.9. The molecule has 0 heterocycles. The molecular weight excluding hydrogens is 772 g/mol. The molecule has 0 aromatic heterocycles. The lowest BCUT2D eigenvalue weighted by atomic mass is 10.0. The van der Waals surface area contributed by atoms with Gasteiger partial charge in [-0.3, -0.25) is 38.4 Å². The van der Waals surface area contributed by atoms with Crippen LogP contribution in [0.4, 0.5) is 0 Å². The number of carboxylic acid groups (broad SMARTS) is 2. The van der Waals surface area contributed by atoms with Crippen molar-refractivity contribution in [3.63, 3.8) is 0 Å². The zero-order valence-electron chi connectivity index (χ0n) is 32.3. The Kier molecular flexibility index (Phi) is 20.7. The maximum absolute atomic E-state index is 13.5. The molecule has 1 rings (SSSR count). The Balaban J connectivity index is 3.32. The third kappa shape index (κ3) is 17.5. The van der Waals surface area contributed by atoms with Gasteiger partial charge in [-0.05, 0) is 50.3 Å². The van der Waals surface area contributed by atoms with Crippen LogP contribution in [0.3, 0.4) is 0 Å². The third-order valence-electron chi connectivity index (χ3n) is 8.36. The molecule has 9 atom stereocenters. The van der Waals surface area contributed by atoms with Crippen molar-refractivity contribution in [1.82, 2.24) is 31.9 Å². The van der Waals surface area contributed by atoms with Gasteiger partial charge < -0.3 is 74.0 Å². The molecule has 0 aliphatic rings. The summed E-state index contributed by atoms with van der Waals surface area (Å²) in [5.41, 5.74) is 11.2. The zero-order valence-corrected chi connectivity index (χ0v) is 32.3. The number of aliphatic hydroxyl groups is 3. The van der Waals surface area contributed by atoms with Crippen LogP contribution in [0.1, 0.15) is 58.9 Å². The predicted octanol–water partition coefficient (Wildman–Crippen LogP) is -5.20. The molecule has 23 heteroatoms. The van der Waals surface area contributed by atoms with E-state index in [2.05, 4.69) is 31.9 Å². The number of hydrogen-bond acceptors (Lipinski definition) is 14. The van der Waals surface area contributed by atoms with Gasteiger partial charge >= 0.3 is 11.9 Å². The Morgan fingerprint density at radius 2 is 1.10 bits per heavy atom. The van der Waals surface area contributed by atoms with Crippen LogP contribution in [0.5, 0.6) is 5.75 Å². The summed E-state index contributed by atoms with van der Waals surface area (Å²) in [7, 11) is 0. The lowest BCUT2D eigenvalue weighted by molar-refractivity contribution is -0.145. The van der Waals surface area contributed by atoms with Crippen LogP contribution in [0.2, 0.25) is 0 Å². The van der Waals surface area contributed by atoms with Gasteiger partial charge in [-0.1, -0.05) is 26.0 Å². The van der Waals surface area contributed by atoms with Gasteiger partial charge in [-0.2, -0.15) is 0 Å². The normalized spacial score (nSPS) is 15.7. The van der Waals surface area contributed by atoms with Crippen LogP contribution in [-0.2, 0) is 49.6 Å². The number of carbonyl (C=O) groups is 9. The topological polar surface area (TPSA) is 399 Å². The highest BCUT2D eigenvalue weighted by Crippen LogP contribution is 2.13. The molecular formula is C35H54N8O15. The van der Waals surface area contributed by atoms with E-state index >= 15 is 0 Å². The summed E-state index contributed by atoms with van der Waals surface area (Å²) in [6.45, 7) is 4.50. The number of aliphatic hydroxyl groups excluding tert-OH is 3. The first kappa shape index (κ1) is 50.1. The Hall–Kier alpha value is -5.91. The van der Waals surface area contributed by atoms with Crippen LogP contribution in [-0.4, -0.2) is 145 Å². The number of carboxylic acids is 2. The van der Waals surface area contributed by atoms with Crippen molar-refractivity contribution in [3.8, 4) is 5.75 Å². The van der Waals surface area contributed by atoms with E-state index in [0.717, 1.165) is 6.92 Å². The molecule has 58 heavy (non-hydrogen) atoms. The minimum Gasteiger partial charge on any atom is -0.508 e. The molecule has 0 fully saturated rings.